The van der Waals surface area contributed by atoms with E-state index in [0.717, 1.165) is 77.0 Å². The predicted octanol–water partition coefficient (Wildman–Crippen LogP) is 12.4. The third kappa shape index (κ3) is 44.1. The maximum atomic E-state index is 12.1. The van der Waals surface area contributed by atoms with Gasteiger partial charge in [0.1, 0.15) is 12.7 Å². The van der Waals surface area contributed by atoms with Gasteiger partial charge in [0.15, 0.2) is 0 Å². The van der Waals surface area contributed by atoms with E-state index < -0.39 is 26.5 Å². The van der Waals surface area contributed by atoms with Crippen LogP contribution in [-0.4, -0.2) is 54.3 Å². The van der Waals surface area contributed by atoms with Crippen LogP contribution in [0.5, 0.6) is 0 Å². The molecule has 0 radical (unpaired) electrons. The Morgan fingerprint density at radius 3 is 1.53 bits per heavy atom. The van der Waals surface area contributed by atoms with Crippen LogP contribution in [0, 0.1) is 0 Å². The molecule has 0 aromatic heterocycles. The molecule has 2 atom stereocenters. The fourth-order valence-corrected chi connectivity index (χ4v) is 6.25. The zero-order chi connectivity index (χ0) is 41.8. The Labute approximate surface area is 347 Å². The molecule has 0 aliphatic heterocycles. The number of hydrogen-bond acceptors (Lipinski definition) is 7. The van der Waals surface area contributed by atoms with Crippen LogP contribution in [-0.2, 0) is 27.9 Å². The minimum absolute atomic E-state index is 0.0674. The molecule has 0 fully saturated rings. The van der Waals surface area contributed by atoms with Gasteiger partial charge in [-0.2, -0.15) is 0 Å². The van der Waals surface area contributed by atoms with Crippen molar-refractivity contribution < 1.29 is 37.9 Å². The van der Waals surface area contributed by atoms with E-state index in [1.807, 2.05) is 0 Å². The molecule has 0 aliphatic rings. The highest BCUT2D eigenvalue weighted by atomic mass is 31.2. The van der Waals surface area contributed by atoms with E-state index in [4.69, 9.17) is 13.8 Å². The molecule has 2 unspecified atom stereocenters. The van der Waals surface area contributed by atoms with Crippen LogP contribution >= 0.6 is 7.82 Å². The lowest BCUT2D eigenvalue weighted by Gasteiger charge is -2.15. The topological polar surface area (TPSA) is 131 Å². The highest BCUT2D eigenvalue weighted by Gasteiger charge is 2.23. The third-order valence-corrected chi connectivity index (χ3v) is 9.79. The van der Waals surface area contributed by atoms with Gasteiger partial charge in [0, 0.05) is 19.4 Å². The van der Waals surface area contributed by atoms with Crippen molar-refractivity contribution in [1.82, 2.24) is 5.32 Å². The second-order valence-corrected chi connectivity index (χ2v) is 15.7. The quantitative estimate of drug-likeness (QED) is 0.0241. The van der Waals surface area contributed by atoms with Crippen LogP contribution < -0.4 is 5.32 Å². The molecule has 3 N–H and O–H groups in total. The first-order valence-corrected chi connectivity index (χ1v) is 23.6. The summed E-state index contributed by atoms with van der Waals surface area (Å²) in [4.78, 5) is 33.9. The Morgan fingerprint density at radius 2 is 1.00 bits per heavy atom. The molecule has 0 saturated heterocycles. The number of phosphoric acid groups is 1. The molecule has 57 heavy (non-hydrogen) atoms. The molecule has 0 bridgehead atoms. The van der Waals surface area contributed by atoms with Gasteiger partial charge < -0.3 is 20.1 Å². The van der Waals surface area contributed by atoms with Crippen molar-refractivity contribution in [3.63, 3.8) is 0 Å². The lowest BCUT2D eigenvalue weighted by atomic mass is 10.1. The van der Waals surface area contributed by atoms with E-state index in [1.54, 1.807) is 0 Å². The lowest BCUT2D eigenvalue weighted by Crippen LogP contribution is -2.27. The fraction of sp³-hybridized carbons (Fsp3) is 0.660. The Hall–Kier alpha value is -2.81. The second-order valence-electron chi connectivity index (χ2n) is 14.3. The minimum atomic E-state index is -4.43. The highest BCUT2D eigenvalue weighted by molar-refractivity contribution is 7.47. The number of allylic oxidation sites excluding steroid dienone is 14. The van der Waals surface area contributed by atoms with Crippen LogP contribution in [0.15, 0.2) is 85.1 Å². The molecule has 1 amide bonds. The van der Waals surface area contributed by atoms with Crippen LogP contribution in [0.1, 0.15) is 168 Å². The maximum absolute atomic E-state index is 12.1. The summed E-state index contributed by atoms with van der Waals surface area (Å²) >= 11 is 0. The van der Waals surface area contributed by atoms with Crippen molar-refractivity contribution in [3.05, 3.63) is 85.1 Å². The number of ether oxygens (including phenoxy) is 1. The maximum Gasteiger partial charge on any atom is 0.472 e. The van der Waals surface area contributed by atoms with Gasteiger partial charge in [-0.05, 0) is 89.9 Å². The van der Waals surface area contributed by atoms with Gasteiger partial charge >= 0.3 is 13.8 Å². The summed E-state index contributed by atoms with van der Waals surface area (Å²) in [5, 5.41) is 12.7. The normalized spacial score (nSPS) is 14.1. The number of aliphatic hydroxyl groups is 1. The van der Waals surface area contributed by atoms with Crippen LogP contribution in [0.2, 0.25) is 0 Å². The van der Waals surface area contributed by atoms with Gasteiger partial charge in [0.25, 0.3) is 0 Å². The van der Waals surface area contributed by atoms with Gasteiger partial charge in [-0.3, -0.25) is 18.6 Å². The van der Waals surface area contributed by atoms with Crippen molar-refractivity contribution in [3.8, 4) is 0 Å². The van der Waals surface area contributed by atoms with Crippen molar-refractivity contribution in [2.24, 2.45) is 0 Å². The number of rotatable bonds is 40. The first-order chi connectivity index (χ1) is 27.8. The van der Waals surface area contributed by atoms with Crippen LogP contribution in [0.3, 0.4) is 0 Å². The summed E-state index contributed by atoms with van der Waals surface area (Å²) in [5.74, 6) is -0.573. The number of unbranched alkanes of at least 4 members (excludes halogenated alkanes) is 13. The third-order valence-electron chi connectivity index (χ3n) is 8.81. The van der Waals surface area contributed by atoms with Crippen molar-refractivity contribution in [2.75, 3.05) is 26.4 Å². The van der Waals surface area contributed by atoms with Crippen molar-refractivity contribution in [1.29, 1.82) is 0 Å². The zero-order valence-electron chi connectivity index (χ0n) is 35.8. The summed E-state index contributed by atoms with van der Waals surface area (Å²) in [5.41, 5.74) is 0. The lowest BCUT2D eigenvalue weighted by molar-refractivity contribution is -0.147. The Kier molecular flexibility index (Phi) is 40.7. The van der Waals surface area contributed by atoms with Gasteiger partial charge in [0.2, 0.25) is 5.91 Å². The van der Waals surface area contributed by atoms with Crippen LogP contribution in [0.25, 0.3) is 0 Å². The average Bonchev–Trinajstić information content (AvgIpc) is 3.20. The number of esters is 1. The van der Waals surface area contributed by atoms with Gasteiger partial charge in [-0.1, -0.05) is 150 Å². The number of aliphatic hydroxyl groups excluding tert-OH is 1. The van der Waals surface area contributed by atoms with Gasteiger partial charge in [0.05, 0.1) is 13.2 Å². The molecule has 0 saturated carbocycles. The standard InChI is InChI=1S/C47H80NO8P/c1-3-5-7-9-11-13-15-17-19-20-21-22-23-24-26-27-29-31-33-35-37-39-46(50)48-41-42-55-57(52,53)56-44-45(49)43-54-47(51)40-38-36-34-32-30-28-25-18-16-14-12-10-8-6-4-2/h6,8,11-14,17-19,21-22,25,30,32,45,49H,3-5,7,9-10,15-16,20,23-24,26-29,31,33-44H2,1-2H3,(H,48,50)(H,52,53)/b8-6-,13-11-,14-12-,19-17-,22-21-,25-18-,32-30-. The number of amides is 1. The molecule has 326 valence electrons. The van der Waals surface area contributed by atoms with E-state index in [2.05, 4.69) is 104 Å². The molecule has 0 aromatic carbocycles. The van der Waals surface area contributed by atoms with Crippen molar-refractivity contribution >= 4 is 19.7 Å². The largest absolute Gasteiger partial charge is 0.472 e. The van der Waals surface area contributed by atoms with E-state index >= 15 is 0 Å². The second kappa shape index (κ2) is 42.8. The summed E-state index contributed by atoms with van der Waals surface area (Å²) < 4.78 is 26.8. The number of phosphoric ester groups is 1. The zero-order valence-corrected chi connectivity index (χ0v) is 36.6. The highest BCUT2D eigenvalue weighted by Crippen LogP contribution is 2.42. The van der Waals surface area contributed by atoms with E-state index in [-0.39, 0.29) is 32.1 Å². The summed E-state index contributed by atoms with van der Waals surface area (Å²) in [6.45, 7) is 3.34. The Morgan fingerprint density at radius 1 is 0.561 bits per heavy atom. The SMILES string of the molecule is CC/C=C\C/C=C\C/C=C\C/C=C\CCCCC(=O)OCC(O)COP(=O)(O)OCCNC(=O)CCCCCCCCCC/C=C\C/C=C\C/C=C\CCCCC. The molecule has 10 heteroatoms. The molecule has 0 aliphatic carbocycles. The first kappa shape index (κ1) is 54.2. The summed E-state index contributed by atoms with van der Waals surface area (Å²) in [6.07, 6.45) is 53.7. The van der Waals surface area contributed by atoms with Crippen molar-refractivity contribution in [2.45, 2.75) is 174 Å². The number of carbonyl (C=O) groups is 2. The monoisotopic (exact) mass is 818 g/mol. The smallest absolute Gasteiger partial charge is 0.463 e. The molecule has 0 heterocycles. The summed E-state index contributed by atoms with van der Waals surface area (Å²) in [7, 11) is -4.43. The minimum Gasteiger partial charge on any atom is -0.463 e. The Balaban J connectivity index is 3.67. The predicted molar refractivity (Wildman–Crippen MR) is 238 cm³/mol. The number of hydrogen-bond donors (Lipinski definition) is 3. The molecule has 0 aromatic rings. The van der Waals surface area contributed by atoms with E-state index in [0.29, 0.717) is 12.8 Å². The Bertz CT molecular complexity index is 1210. The molecular formula is C47H80NO8P. The summed E-state index contributed by atoms with van der Waals surface area (Å²) in [6, 6.07) is 0. The molecular weight excluding hydrogens is 737 g/mol. The average molecular weight is 818 g/mol. The molecule has 0 rings (SSSR count). The first-order valence-electron chi connectivity index (χ1n) is 22.1. The van der Waals surface area contributed by atoms with E-state index in [1.165, 1.54) is 57.8 Å². The fourth-order valence-electron chi connectivity index (χ4n) is 5.49. The number of carbonyl (C=O) groups excluding carboxylic acids is 2. The molecule has 0 spiro atoms. The van der Waals surface area contributed by atoms with Gasteiger partial charge in [-0.15, -0.1) is 0 Å². The van der Waals surface area contributed by atoms with Gasteiger partial charge in [-0.25, -0.2) is 4.57 Å². The van der Waals surface area contributed by atoms with E-state index in [9.17, 15) is 24.2 Å². The molecule has 9 nitrogen and oxygen atoms in total. The number of nitrogens with one attached hydrogen (secondary N) is 1. The van der Waals surface area contributed by atoms with Crippen LogP contribution in [0.4, 0.5) is 0 Å².